The lowest BCUT2D eigenvalue weighted by molar-refractivity contribution is -0.275. The first kappa shape index (κ1) is 11.6. The van der Waals surface area contributed by atoms with Crippen molar-refractivity contribution in [2.45, 2.75) is 12.9 Å². The molecule has 0 aliphatic rings. The maximum absolute atomic E-state index is 13.0. The first-order chi connectivity index (χ1) is 6.83. The lowest BCUT2D eigenvalue weighted by Crippen LogP contribution is -2.19. The fraction of sp³-hybridized carbons (Fsp3) is 0.286. The molecule has 0 unspecified atom stereocenters. The first-order valence-corrected chi connectivity index (χ1v) is 3.64. The Morgan fingerprint density at radius 3 is 2.40 bits per heavy atom. The van der Waals surface area contributed by atoms with Crippen molar-refractivity contribution in [1.29, 1.82) is 0 Å². The Morgan fingerprint density at radius 1 is 1.33 bits per heavy atom. The molecule has 0 saturated heterocycles. The molecular formula is C7H5F5N2O. The molecule has 8 heteroatoms. The lowest BCUT2D eigenvalue weighted by Gasteiger charge is -2.10. The van der Waals surface area contributed by atoms with Gasteiger partial charge in [0.05, 0.1) is 5.69 Å². The van der Waals surface area contributed by atoms with Crippen LogP contribution in [0.2, 0.25) is 0 Å². The molecule has 0 amide bonds. The largest absolute Gasteiger partial charge is 0.573 e. The van der Waals surface area contributed by atoms with Gasteiger partial charge in [-0.1, -0.05) is 0 Å². The van der Waals surface area contributed by atoms with Crippen LogP contribution in [0.1, 0.15) is 5.69 Å². The molecule has 0 radical (unpaired) electrons. The van der Waals surface area contributed by atoms with Crippen LogP contribution in [0, 0.1) is 11.8 Å². The Morgan fingerprint density at radius 2 is 1.93 bits per heavy atom. The van der Waals surface area contributed by atoms with Crippen LogP contribution in [0.5, 0.6) is 5.75 Å². The number of halogens is 5. The molecule has 15 heavy (non-hydrogen) atoms. The highest BCUT2D eigenvalue weighted by Gasteiger charge is 2.33. The fourth-order valence-corrected chi connectivity index (χ4v) is 0.858. The number of aromatic nitrogens is 1. The third-order valence-corrected chi connectivity index (χ3v) is 1.38. The van der Waals surface area contributed by atoms with Crippen molar-refractivity contribution in [3.05, 3.63) is 23.5 Å². The summed E-state index contributed by atoms with van der Waals surface area (Å²) in [5.41, 5.74) is 4.32. The number of pyridine rings is 1. The van der Waals surface area contributed by atoms with Crippen LogP contribution in [0.25, 0.3) is 0 Å². The third kappa shape index (κ3) is 3.01. The van der Waals surface area contributed by atoms with Gasteiger partial charge in [-0.3, -0.25) is 0 Å². The minimum atomic E-state index is -5.10. The van der Waals surface area contributed by atoms with Gasteiger partial charge in [-0.05, 0) is 0 Å². The maximum Gasteiger partial charge on any atom is 0.573 e. The van der Waals surface area contributed by atoms with Gasteiger partial charge in [0.1, 0.15) is 0 Å². The number of ether oxygens (including phenoxy) is 1. The van der Waals surface area contributed by atoms with Crippen LogP contribution in [-0.2, 0) is 6.54 Å². The second-order valence-corrected chi connectivity index (χ2v) is 2.46. The van der Waals surface area contributed by atoms with Crippen LogP contribution in [0.4, 0.5) is 22.0 Å². The van der Waals surface area contributed by atoms with Gasteiger partial charge in [0.2, 0.25) is 5.95 Å². The van der Waals surface area contributed by atoms with Gasteiger partial charge in [0.25, 0.3) is 0 Å². The van der Waals surface area contributed by atoms with Crippen LogP contribution >= 0.6 is 0 Å². The average molecular weight is 228 g/mol. The predicted molar refractivity (Wildman–Crippen MR) is 38.7 cm³/mol. The van der Waals surface area contributed by atoms with E-state index in [0.29, 0.717) is 0 Å². The first-order valence-electron chi connectivity index (χ1n) is 3.64. The van der Waals surface area contributed by atoms with Crippen molar-refractivity contribution in [1.82, 2.24) is 4.98 Å². The molecule has 3 nitrogen and oxygen atoms in total. The maximum atomic E-state index is 13.0. The van der Waals surface area contributed by atoms with E-state index in [1.807, 2.05) is 0 Å². The molecule has 1 rings (SSSR count). The van der Waals surface area contributed by atoms with Gasteiger partial charge >= 0.3 is 6.36 Å². The zero-order valence-corrected chi connectivity index (χ0v) is 7.11. The minimum Gasteiger partial charge on any atom is -0.402 e. The summed E-state index contributed by atoms with van der Waals surface area (Å²) in [7, 11) is 0. The Balaban J connectivity index is 3.12. The van der Waals surface area contributed by atoms with Gasteiger partial charge < -0.3 is 10.5 Å². The summed E-state index contributed by atoms with van der Waals surface area (Å²) in [6.07, 6.45) is -5.10. The molecule has 1 aromatic heterocycles. The molecule has 0 spiro atoms. The van der Waals surface area contributed by atoms with E-state index in [1.165, 1.54) is 0 Å². The summed E-state index contributed by atoms with van der Waals surface area (Å²) in [4.78, 5) is 2.97. The SMILES string of the molecule is NCc1nc(F)cc(OC(F)(F)F)c1F. The van der Waals surface area contributed by atoms with Gasteiger partial charge in [-0.25, -0.2) is 9.37 Å². The standard InChI is InChI=1S/C7H5F5N2O/c8-5-1-4(15-7(10,11)12)6(9)3(2-13)14-5/h1H,2,13H2. The van der Waals surface area contributed by atoms with Crippen LogP contribution in [0.15, 0.2) is 6.07 Å². The molecule has 0 fully saturated rings. The van der Waals surface area contributed by atoms with Gasteiger partial charge in [-0.2, -0.15) is 4.39 Å². The molecule has 0 aliphatic heterocycles. The number of alkyl halides is 3. The van der Waals surface area contributed by atoms with Crippen molar-refractivity contribution in [3.8, 4) is 5.75 Å². The number of nitrogens with zero attached hydrogens (tertiary/aromatic N) is 1. The smallest absolute Gasteiger partial charge is 0.402 e. The molecule has 0 atom stereocenters. The van der Waals surface area contributed by atoms with Gasteiger partial charge in [-0.15, -0.1) is 13.2 Å². The highest BCUT2D eigenvalue weighted by atomic mass is 19.4. The Hall–Kier alpha value is -1.44. The zero-order valence-electron chi connectivity index (χ0n) is 7.11. The van der Waals surface area contributed by atoms with E-state index < -0.39 is 36.1 Å². The van der Waals surface area contributed by atoms with Crippen molar-refractivity contribution in [2.24, 2.45) is 5.73 Å². The van der Waals surface area contributed by atoms with E-state index >= 15 is 0 Å². The molecule has 1 aromatic rings. The molecule has 0 aromatic carbocycles. The summed E-state index contributed by atoms with van der Waals surface area (Å²) in [5.74, 6) is -4.00. The fourth-order valence-electron chi connectivity index (χ4n) is 0.858. The zero-order chi connectivity index (χ0) is 11.6. The van der Waals surface area contributed by atoms with E-state index in [2.05, 4.69) is 9.72 Å². The predicted octanol–water partition coefficient (Wildman–Crippen LogP) is 1.72. The summed E-state index contributed by atoms with van der Waals surface area (Å²) < 4.78 is 64.1. The van der Waals surface area contributed by atoms with Gasteiger partial charge in [0, 0.05) is 12.6 Å². The van der Waals surface area contributed by atoms with Crippen molar-refractivity contribution in [3.63, 3.8) is 0 Å². The number of hydrogen-bond acceptors (Lipinski definition) is 3. The lowest BCUT2D eigenvalue weighted by atomic mass is 10.3. The quantitative estimate of drug-likeness (QED) is 0.619. The molecule has 0 bridgehead atoms. The molecule has 0 saturated carbocycles. The monoisotopic (exact) mass is 228 g/mol. The summed E-state index contributed by atoms with van der Waals surface area (Å²) in [6.45, 7) is -0.530. The molecule has 1 heterocycles. The summed E-state index contributed by atoms with van der Waals surface area (Å²) in [6, 6.07) is 0.196. The Kier molecular flexibility index (Phi) is 3.08. The number of rotatable bonds is 2. The second-order valence-electron chi connectivity index (χ2n) is 2.46. The third-order valence-electron chi connectivity index (χ3n) is 1.38. The van der Waals surface area contributed by atoms with Crippen LogP contribution < -0.4 is 10.5 Å². The van der Waals surface area contributed by atoms with E-state index in [4.69, 9.17) is 5.73 Å². The minimum absolute atomic E-state index is 0.196. The van der Waals surface area contributed by atoms with Crippen LogP contribution in [-0.4, -0.2) is 11.3 Å². The van der Waals surface area contributed by atoms with Crippen molar-refractivity contribution >= 4 is 0 Å². The Labute approximate surface area is 80.7 Å². The normalized spacial score (nSPS) is 11.6. The van der Waals surface area contributed by atoms with Crippen molar-refractivity contribution in [2.75, 3.05) is 0 Å². The van der Waals surface area contributed by atoms with E-state index in [9.17, 15) is 22.0 Å². The molecule has 2 N–H and O–H groups in total. The van der Waals surface area contributed by atoms with Crippen molar-refractivity contribution < 1.29 is 26.7 Å². The Bertz CT molecular complexity index is 365. The summed E-state index contributed by atoms with van der Waals surface area (Å²) in [5, 5.41) is 0. The second kappa shape index (κ2) is 3.97. The van der Waals surface area contributed by atoms with E-state index in [0.717, 1.165) is 0 Å². The summed E-state index contributed by atoms with van der Waals surface area (Å²) >= 11 is 0. The highest BCUT2D eigenvalue weighted by Crippen LogP contribution is 2.26. The van der Waals surface area contributed by atoms with E-state index in [1.54, 1.807) is 0 Å². The average Bonchev–Trinajstić information content (AvgIpc) is 2.08. The van der Waals surface area contributed by atoms with E-state index in [-0.39, 0.29) is 6.07 Å². The number of hydrogen-bond donors (Lipinski definition) is 1. The number of nitrogens with two attached hydrogens (primary N) is 1. The molecule has 0 aliphatic carbocycles. The van der Waals surface area contributed by atoms with Crippen LogP contribution in [0.3, 0.4) is 0 Å². The molecular weight excluding hydrogens is 223 g/mol. The van der Waals surface area contributed by atoms with Gasteiger partial charge in [0.15, 0.2) is 11.6 Å². The highest BCUT2D eigenvalue weighted by molar-refractivity contribution is 5.26. The molecule has 84 valence electrons. The topological polar surface area (TPSA) is 48.1 Å².